The molecule has 0 spiro atoms. The van der Waals surface area contributed by atoms with Crippen LogP contribution in [-0.2, 0) is 16.6 Å². The second-order valence-corrected chi connectivity index (χ2v) is 6.79. The van der Waals surface area contributed by atoms with Crippen LogP contribution in [0.15, 0.2) is 48.5 Å². The summed E-state index contributed by atoms with van der Waals surface area (Å²) >= 11 is 0. The predicted molar refractivity (Wildman–Crippen MR) is 98.6 cm³/mol. The summed E-state index contributed by atoms with van der Waals surface area (Å²) in [6.45, 7) is 0.560. The Hall–Kier alpha value is -2.82. The van der Waals surface area contributed by atoms with Crippen molar-refractivity contribution >= 4 is 11.9 Å². The molecule has 0 radical (unpaired) electrons. The summed E-state index contributed by atoms with van der Waals surface area (Å²) in [5, 5.41) is 12.1. The molecule has 2 aromatic carbocycles. The maximum atomic E-state index is 12.4. The number of nitrogens with one attached hydrogen (secondary N) is 1. The SMILES string of the molecule is COc1ccccc1C1(CNC(=O)Cc2cccc(C(=O)O)c2)CCC1. The number of carbonyl (C=O) groups is 2. The van der Waals surface area contributed by atoms with Crippen LogP contribution in [0.1, 0.15) is 40.7 Å². The number of hydrogen-bond acceptors (Lipinski definition) is 3. The lowest BCUT2D eigenvalue weighted by Crippen LogP contribution is -2.46. The summed E-state index contributed by atoms with van der Waals surface area (Å²) in [7, 11) is 1.67. The lowest BCUT2D eigenvalue weighted by atomic mass is 9.64. The lowest BCUT2D eigenvalue weighted by Gasteiger charge is -2.43. The molecule has 1 amide bonds. The Morgan fingerprint density at radius 2 is 1.92 bits per heavy atom. The van der Waals surface area contributed by atoms with E-state index in [1.165, 1.54) is 6.07 Å². The maximum Gasteiger partial charge on any atom is 0.335 e. The normalized spacial score (nSPS) is 15.0. The summed E-state index contributed by atoms with van der Waals surface area (Å²) in [6.07, 6.45) is 3.34. The zero-order chi connectivity index (χ0) is 18.6. The number of carboxylic acid groups (broad SMARTS) is 1. The van der Waals surface area contributed by atoms with Crippen molar-refractivity contribution in [1.82, 2.24) is 5.32 Å². The molecule has 0 atom stereocenters. The largest absolute Gasteiger partial charge is 0.496 e. The van der Waals surface area contributed by atoms with Crippen molar-refractivity contribution in [3.8, 4) is 5.75 Å². The van der Waals surface area contributed by atoms with Gasteiger partial charge in [-0.3, -0.25) is 4.79 Å². The molecule has 0 saturated heterocycles. The van der Waals surface area contributed by atoms with Crippen LogP contribution in [0.25, 0.3) is 0 Å². The fourth-order valence-electron chi connectivity index (χ4n) is 3.56. The number of rotatable bonds is 7. The van der Waals surface area contributed by atoms with E-state index in [2.05, 4.69) is 11.4 Å². The van der Waals surface area contributed by atoms with Gasteiger partial charge in [-0.05, 0) is 36.6 Å². The molecule has 0 unspecified atom stereocenters. The van der Waals surface area contributed by atoms with Gasteiger partial charge in [0.05, 0.1) is 19.1 Å². The number of methoxy groups -OCH3 is 1. The number of amides is 1. The van der Waals surface area contributed by atoms with Gasteiger partial charge in [0.15, 0.2) is 0 Å². The van der Waals surface area contributed by atoms with Gasteiger partial charge in [-0.25, -0.2) is 4.79 Å². The van der Waals surface area contributed by atoms with Gasteiger partial charge in [0, 0.05) is 17.5 Å². The van der Waals surface area contributed by atoms with Crippen molar-refractivity contribution in [2.24, 2.45) is 0 Å². The van der Waals surface area contributed by atoms with Gasteiger partial charge < -0.3 is 15.2 Å². The van der Waals surface area contributed by atoms with Crippen molar-refractivity contribution < 1.29 is 19.4 Å². The van der Waals surface area contributed by atoms with Gasteiger partial charge in [-0.15, -0.1) is 0 Å². The fraction of sp³-hybridized carbons (Fsp3) is 0.333. The van der Waals surface area contributed by atoms with E-state index in [1.54, 1.807) is 25.3 Å². The zero-order valence-electron chi connectivity index (χ0n) is 14.8. The molecule has 1 saturated carbocycles. The molecule has 26 heavy (non-hydrogen) atoms. The Morgan fingerprint density at radius 1 is 1.15 bits per heavy atom. The minimum Gasteiger partial charge on any atom is -0.496 e. The molecular weight excluding hydrogens is 330 g/mol. The Bertz CT molecular complexity index is 811. The first-order valence-corrected chi connectivity index (χ1v) is 8.76. The van der Waals surface area contributed by atoms with Crippen molar-refractivity contribution in [3.05, 3.63) is 65.2 Å². The Kier molecular flexibility index (Phi) is 5.26. The minimum atomic E-state index is -0.989. The van der Waals surface area contributed by atoms with Crippen molar-refractivity contribution in [1.29, 1.82) is 0 Å². The van der Waals surface area contributed by atoms with Crippen molar-refractivity contribution in [2.45, 2.75) is 31.1 Å². The lowest BCUT2D eigenvalue weighted by molar-refractivity contribution is -0.120. The van der Waals surface area contributed by atoms with E-state index in [0.717, 1.165) is 30.6 Å². The van der Waals surface area contributed by atoms with Crippen LogP contribution in [0.4, 0.5) is 0 Å². The first kappa shape index (κ1) is 18.0. The van der Waals surface area contributed by atoms with E-state index < -0.39 is 5.97 Å². The van der Waals surface area contributed by atoms with Crippen molar-refractivity contribution in [2.75, 3.05) is 13.7 Å². The molecule has 1 aliphatic rings. The quantitative estimate of drug-likeness (QED) is 0.802. The molecule has 5 nitrogen and oxygen atoms in total. The van der Waals surface area contributed by atoms with Gasteiger partial charge in [-0.1, -0.05) is 36.8 Å². The second-order valence-electron chi connectivity index (χ2n) is 6.79. The average Bonchev–Trinajstić information content (AvgIpc) is 2.61. The molecule has 3 rings (SSSR count). The first-order chi connectivity index (χ1) is 12.5. The van der Waals surface area contributed by atoms with Crippen LogP contribution in [0.3, 0.4) is 0 Å². The molecule has 1 aliphatic carbocycles. The second kappa shape index (κ2) is 7.60. The molecule has 2 N–H and O–H groups in total. The average molecular weight is 353 g/mol. The highest BCUT2D eigenvalue weighted by atomic mass is 16.5. The third-order valence-electron chi connectivity index (χ3n) is 5.15. The number of ether oxygens (including phenoxy) is 1. The Morgan fingerprint density at radius 3 is 2.58 bits per heavy atom. The molecule has 0 bridgehead atoms. The number of hydrogen-bond donors (Lipinski definition) is 2. The molecule has 0 aromatic heterocycles. The molecule has 136 valence electrons. The topological polar surface area (TPSA) is 75.6 Å². The smallest absolute Gasteiger partial charge is 0.335 e. The van der Waals surface area contributed by atoms with Gasteiger partial charge in [-0.2, -0.15) is 0 Å². The van der Waals surface area contributed by atoms with Crippen LogP contribution < -0.4 is 10.1 Å². The molecule has 5 heteroatoms. The highest BCUT2D eigenvalue weighted by Gasteiger charge is 2.40. The molecular formula is C21H23NO4. The molecule has 2 aromatic rings. The van der Waals surface area contributed by atoms with Crippen LogP contribution in [0, 0.1) is 0 Å². The van der Waals surface area contributed by atoms with Gasteiger partial charge >= 0.3 is 5.97 Å². The number of benzene rings is 2. The maximum absolute atomic E-state index is 12.4. The Labute approximate surface area is 153 Å². The van der Waals surface area contributed by atoms with Crippen LogP contribution in [0.5, 0.6) is 5.75 Å². The third-order valence-corrected chi connectivity index (χ3v) is 5.15. The monoisotopic (exact) mass is 353 g/mol. The van der Waals surface area contributed by atoms with E-state index in [-0.39, 0.29) is 23.3 Å². The summed E-state index contributed by atoms with van der Waals surface area (Å²) in [4.78, 5) is 23.4. The summed E-state index contributed by atoms with van der Waals surface area (Å²) in [5.74, 6) is -0.235. The third kappa shape index (κ3) is 3.72. The van der Waals surface area contributed by atoms with Gasteiger partial charge in [0.25, 0.3) is 0 Å². The fourth-order valence-corrected chi connectivity index (χ4v) is 3.56. The van der Waals surface area contributed by atoms with E-state index in [4.69, 9.17) is 9.84 Å². The summed E-state index contributed by atoms with van der Waals surface area (Å²) in [5.41, 5.74) is 1.95. The first-order valence-electron chi connectivity index (χ1n) is 8.76. The standard InChI is InChI=1S/C21H23NO4/c1-26-18-9-3-2-8-17(18)21(10-5-11-21)14-22-19(23)13-15-6-4-7-16(12-15)20(24)25/h2-4,6-9,12H,5,10-11,13-14H2,1H3,(H,22,23)(H,24,25). The summed E-state index contributed by atoms with van der Waals surface area (Å²) in [6, 6.07) is 14.5. The van der Waals surface area contributed by atoms with E-state index >= 15 is 0 Å². The highest BCUT2D eigenvalue weighted by Crippen LogP contribution is 2.46. The van der Waals surface area contributed by atoms with Crippen LogP contribution in [-0.4, -0.2) is 30.6 Å². The van der Waals surface area contributed by atoms with E-state index in [0.29, 0.717) is 12.1 Å². The summed E-state index contributed by atoms with van der Waals surface area (Å²) < 4.78 is 5.50. The number of aromatic carboxylic acids is 1. The Balaban J connectivity index is 1.66. The minimum absolute atomic E-state index is 0.0782. The van der Waals surface area contributed by atoms with E-state index in [1.807, 2.05) is 18.2 Å². The zero-order valence-corrected chi connectivity index (χ0v) is 14.8. The van der Waals surface area contributed by atoms with Gasteiger partial charge in [0.1, 0.15) is 5.75 Å². The predicted octanol–water partition coefficient (Wildman–Crippen LogP) is 3.17. The van der Waals surface area contributed by atoms with Gasteiger partial charge in [0.2, 0.25) is 5.91 Å². The molecule has 0 aliphatic heterocycles. The number of carbonyl (C=O) groups excluding carboxylic acids is 1. The number of carboxylic acids is 1. The van der Waals surface area contributed by atoms with Crippen LogP contribution >= 0.6 is 0 Å². The molecule has 1 fully saturated rings. The highest BCUT2D eigenvalue weighted by molar-refractivity contribution is 5.88. The van der Waals surface area contributed by atoms with Crippen LogP contribution in [0.2, 0.25) is 0 Å². The number of para-hydroxylation sites is 1. The van der Waals surface area contributed by atoms with E-state index in [9.17, 15) is 9.59 Å². The van der Waals surface area contributed by atoms with Crippen molar-refractivity contribution in [3.63, 3.8) is 0 Å². The molecule has 0 heterocycles.